The normalized spacial score (nSPS) is 14.1. The SMILES string of the molecule is CC1(C)c2ccccc2-c2ccc(N(c3ccc(-c4ccccc4)cc3)c3ccc4c(c3)c3cc(C5(C)c6ccccc6-c6ccccc65)ccc3n4-c3ccccc3)cc21. The van der Waals surface area contributed by atoms with Crippen LogP contribution in [0, 0.1) is 0 Å². The number of anilines is 3. The molecule has 2 aliphatic rings. The van der Waals surface area contributed by atoms with Gasteiger partial charge in [0.05, 0.1) is 11.0 Å². The Hall–Kier alpha value is -7.42. The Morgan fingerprint density at radius 3 is 1.51 bits per heavy atom. The van der Waals surface area contributed by atoms with Gasteiger partial charge in [0.15, 0.2) is 0 Å². The predicted molar refractivity (Wildman–Crippen MR) is 256 cm³/mol. The molecule has 1 aromatic heterocycles. The molecule has 0 spiro atoms. The largest absolute Gasteiger partial charge is 0.310 e. The van der Waals surface area contributed by atoms with Crippen LogP contribution in [0.5, 0.6) is 0 Å². The lowest BCUT2D eigenvalue weighted by Crippen LogP contribution is -2.22. The first-order valence-corrected chi connectivity index (χ1v) is 21.4. The minimum absolute atomic E-state index is 0.123. The van der Waals surface area contributed by atoms with Crippen LogP contribution >= 0.6 is 0 Å². The molecule has 0 amide bonds. The maximum atomic E-state index is 2.48. The van der Waals surface area contributed by atoms with E-state index in [1.807, 2.05) is 0 Å². The highest BCUT2D eigenvalue weighted by Gasteiger charge is 2.41. The molecule has 2 aliphatic carbocycles. The van der Waals surface area contributed by atoms with Crippen LogP contribution in [0.2, 0.25) is 0 Å². The first kappa shape index (κ1) is 35.5. The first-order chi connectivity index (χ1) is 29.9. The first-order valence-electron chi connectivity index (χ1n) is 21.4. The molecule has 61 heavy (non-hydrogen) atoms. The van der Waals surface area contributed by atoms with Crippen LogP contribution < -0.4 is 4.90 Å². The van der Waals surface area contributed by atoms with Gasteiger partial charge in [-0.25, -0.2) is 0 Å². The average Bonchev–Trinajstić information content (AvgIpc) is 3.87. The molecule has 0 saturated heterocycles. The third-order valence-electron chi connectivity index (χ3n) is 13.9. The zero-order chi connectivity index (χ0) is 40.9. The van der Waals surface area contributed by atoms with Crippen LogP contribution in [0.15, 0.2) is 212 Å². The van der Waals surface area contributed by atoms with E-state index in [-0.39, 0.29) is 10.8 Å². The van der Waals surface area contributed by atoms with E-state index < -0.39 is 0 Å². The van der Waals surface area contributed by atoms with Crippen molar-refractivity contribution in [1.82, 2.24) is 4.57 Å². The standard InChI is InChI=1S/C59H44N2/c1-58(2)52-23-13-10-20-46(52)49-33-31-45(38-55(49)58)60(43-29-26-40(27-30-43)39-16-6-4-7-17-39)44-32-35-57-51(37-44)50-36-41(28-34-56(50)61(57)42-18-8-5-9-19-42)59(3)53-24-14-11-21-47(53)48-22-12-15-25-54(48)59/h4-38H,1-3H3. The second-order valence-electron chi connectivity index (χ2n) is 17.5. The van der Waals surface area contributed by atoms with Crippen molar-refractivity contribution in [1.29, 1.82) is 0 Å². The van der Waals surface area contributed by atoms with E-state index in [0.29, 0.717) is 0 Å². The summed E-state index contributed by atoms with van der Waals surface area (Å²) < 4.78 is 2.44. The lowest BCUT2D eigenvalue weighted by Gasteiger charge is -2.29. The molecule has 10 aromatic rings. The van der Waals surface area contributed by atoms with Gasteiger partial charge >= 0.3 is 0 Å². The molecule has 0 N–H and O–H groups in total. The second-order valence-corrected chi connectivity index (χ2v) is 17.5. The Balaban J connectivity index is 1.09. The summed E-state index contributed by atoms with van der Waals surface area (Å²) in [5.41, 5.74) is 20.9. The third-order valence-corrected chi connectivity index (χ3v) is 13.9. The van der Waals surface area contributed by atoms with Gasteiger partial charge in [-0.2, -0.15) is 0 Å². The van der Waals surface area contributed by atoms with Crippen molar-refractivity contribution in [3.8, 4) is 39.1 Å². The van der Waals surface area contributed by atoms with Crippen LogP contribution in [0.1, 0.15) is 48.6 Å². The van der Waals surface area contributed by atoms with Gasteiger partial charge in [0, 0.05) is 44.4 Å². The molecule has 9 aromatic carbocycles. The molecular weight excluding hydrogens is 737 g/mol. The molecule has 0 atom stereocenters. The van der Waals surface area contributed by atoms with Crippen molar-refractivity contribution in [2.24, 2.45) is 0 Å². The lowest BCUT2D eigenvalue weighted by molar-refractivity contribution is 0.660. The Kier molecular flexibility index (Phi) is 7.74. The summed E-state index contributed by atoms with van der Waals surface area (Å²) >= 11 is 0. The fourth-order valence-electron chi connectivity index (χ4n) is 10.8. The smallest absolute Gasteiger partial charge is 0.0542 e. The highest BCUT2D eigenvalue weighted by atomic mass is 15.1. The number of benzene rings is 9. The van der Waals surface area contributed by atoms with Crippen LogP contribution in [0.25, 0.3) is 60.9 Å². The van der Waals surface area contributed by atoms with Crippen molar-refractivity contribution >= 4 is 38.9 Å². The van der Waals surface area contributed by atoms with Crippen LogP contribution in [-0.2, 0) is 10.8 Å². The molecule has 290 valence electrons. The number of nitrogens with zero attached hydrogens (tertiary/aromatic N) is 2. The van der Waals surface area contributed by atoms with E-state index in [0.717, 1.165) is 22.7 Å². The van der Waals surface area contributed by atoms with Gasteiger partial charge in [0.25, 0.3) is 0 Å². The van der Waals surface area contributed by atoms with E-state index in [4.69, 9.17) is 0 Å². The molecule has 0 bridgehead atoms. The molecule has 0 unspecified atom stereocenters. The Morgan fingerprint density at radius 1 is 0.361 bits per heavy atom. The summed E-state index contributed by atoms with van der Waals surface area (Å²) in [7, 11) is 0. The molecule has 1 heterocycles. The third kappa shape index (κ3) is 5.22. The van der Waals surface area contributed by atoms with Gasteiger partial charge in [0.2, 0.25) is 0 Å². The van der Waals surface area contributed by atoms with Crippen molar-refractivity contribution in [2.45, 2.75) is 31.6 Å². The van der Waals surface area contributed by atoms with Gasteiger partial charge in [-0.05, 0) is 135 Å². The number of hydrogen-bond donors (Lipinski definition) is 0. The van der Waals surface area contributed by atoms with Crippen molar-refractivity contribution in [2.75, 3.05) is 4.90 Å². The van der Waals surface area contributed by atoms with Gasteiger partial charge in [-0.3, -0.25) is 0 Å². The molecule has 12 rings (SSSR count). The molecule has 2 heteroatoms. The molecular formula is C59H44N2. The Morgan fingerprint density at radius 2 is 0.836 bits per heavy atom. The molecule has 0 radical (unpaired) electrons. The summed E-state index contributed by atoms with van der Waals surface area (Å²) in [6, 6.07) is 78.7. The van der Waals surface area contributed by atoms with Crippen LogP contribution in [-0.4, -0.2) is 4.57 Å². The van der Waals surface area contributed by atoms with Crippen LogP contribution in [0.3, 0.4) is 0 Å². The predicted octanol–water partition coefficient (Wildman–Crippen LogP) is 15.6. The fourth-order valence-corrected chi connectivity index (χ4v) is 10.8. The van der Waals surface area contributed by atoms with Gasteiger partial charge in [-0.15, -0.1) is 0 Å². The molecule has 0 fully saturated rings. The van der Waals surface area contributed by atoms with E-state index in [2.05, 4.69) is 243 Å². The summed E-state index contributed by atoms with van der Waals surface area (Å²) in [6.45, 7) is 7.14. The minimum atomic E-state index is -0.304. The Labute approximate surface area is 357 Å². The number of hydrogen-bond acceptors (Lipinski definition) is 1. The van der Waals surface area contributed by atoms with Gasteiger partial charge in [-0.1, -0.05) is 159 Å². The minimum Gasteiger partial charge on any atom is -0.310 e. The maximum absolute atomic E-state index is 2.48. The summed E-state index contributed by atoms with van der Waals surface area (Å²) in [5.74, 6) is 0. The molecule has 0 aliphatic heterocycles. The summed E-state index contributed by atoms with van der Waals surface area (Å²) in [5, 5.41) is 2.47. The average molecular weight is 781 g/mol. The quantitative estimate of drug-likeness (QED) is 0.163. The van der Waals surface area contributed by atoms with E-state index in [1.54, 1.807) is 0 Å². The number of fused-ring (bicyclic) bond motifs is 9. The Bertz CT molecular complexity index is 3290. The fraction of sp³-hybridized carbons (Fsp3) is 0.0847. The molecule has 0 saturated carbocycles. The van der Waals surface area contributed by atoms with E-state index >= 15 is 0 Å². The lowest BCUT2D eigenvalue weighted by atomic mass is 9.74. The van der Waals surface area contributed by atoms with Gasteiger partial charge in [0.1, 0.15) is 0 Å². The summed E-state index contributed by atoms with van der Waals surface area (Å²) in [6.07, 6.45) is 0. The van der Waals surface area contributed by atoms with Gasteiger partial charge < -0.3 is 9.47 Å². The summed E-state index contributed by atoms with van der Waals surface area (Å²) in [4.78, 5) is 2.45. The highest BCUT2D eigenvalue weighted by molar-refractivity contribution is 6.11. The van der Waals surface area contributed by atoms with E-state index in [1.165, 1.54) is 83.0 Å². The maximum Gasteiger partial charge on any atom is 0.0542 e. The van der Waals surface area contributed by atoms with Crippen molar-refractivity contribution in [3.63, 3.8) is 0 Å². The zero-order valence-corrected chi connectivity index (χ0v) is 34.6. The van der Waals surface area contributed by atoms with Crippen molar-refractivity contribution < 1.29 is 0 Å². The number of aromatic nitrogens is 1. The van der Waals surface area contributed by atoms with Crippen LogP contribution in [0.4, 0.5) is 17.1 Å². The van der Waals surface area contributed by atoms with E-state index in [9.17, 15) is 0 Å². The molecule has 2 nitrogen and oxygen atoms in total. The number of rotatable bonds is 6. The van der Waals surface area contributed by atoms with Crippen molar-refractivity contribution in [3.05, 3.63) is 240 Å². The topological polar surface area (TPSA) is 8.17 Å². The number of para-hydroxylation sites is 1. The highest BCUT2D eigenvalue weighted by Crippen LogP contribution is 2.54. The second kappa shape index (κ2) is 13.3. The zero-order valence-electron chi connectivity index (χ0n) is 34.6. The monoisotopic (exact) mass is 780 g/mol.